The quantitative estimate of drug-likeness (QED) is 0.179. The normalized spacial score (nSPS) is 12.2. The van der Waals surface area contributed by atoms with E-state index in [-0.39, 0.29) is 0 Å². The lowest BCUT2D eigenvalue weighted by molar-refractivity contribution is 0.669. The second-order valence-electron chi connectivity index (χ2n) is 14.7. The molecule has 0 saturated carbocycles. The molecule has 4 aromatic heterocycles. The summed E-state index contributed by atoms with van der Waals surface area (Å²) in [5, 5.41) is 12.0. The van der Waals surface area contributed by atoms with Gasteiger partial charge < -0.3 is 13.7 Å². The van der Waals surface area contributed by atoms with Crippen LogP contribution in [0.25, 0.3) is 106 Å². The van der Waals surface area contributed by atoms with Gasteiger partial charge in [-0.2, -0.15) is 0 Å². The van der Waals surface area contributed by atoms with Gasteiger partial charge in [-0.15, -0.1) is 22.7 Å². The highest BCUT2D eigenvalue weighted by molar-refractivity contribution is 7.27. The molecule has 0 saturated heterocycles. The van der Waals surface area contributed by atoms with E-state index in [4.69, 9.17) is 8.83 Å². The summed E-state index contributed by atoms with van der Waals surface area (Å²) in [5.74, 6) is 0. The van der Waals surface area contributed by atoms with Gasteiger partial charge in [0.15, 0.2) is 0 Å². The Kier molecular flexibility index (Phi) is 6.48. The third-order valence-corrected chi connectivity index (χ3v) is 14.1. The van der Waals surface area contributed by atoms with Crippen molar-refractivity contribution in [1.29, 1.82) is 0 Å². The topological polar surface area (TPSA) is 29.5 Å². The van der Waals surface area contributed by atoms with Crippen LogP contribution in [0.5, 0.6) is 0 Å². The van der Waals surface area contributed by atoms with Crippen LogP contribution < -0.4 is 4.90 Å². The second-order valence-corrected chi connectivity index (χ2v) is 16.8. The van der Waals surface area contributed by atoms with Crippen molar-refractivity contribution < 1.29 is 8.83 Å². The number of para-hydroxylation sites is 2. The van der Waals surface area contributed by atoms with Crippen LogP contribution in [0.2, 0.25) is 0 Å². The number of anilines is 3. The lowest BCUT2D eigenvalue weighted by Crippen LogP contribution is -2.10. The monoisotopic (exact) mass is 763 g/mol. The number of furan rings is 2. The van der Waals surface area contributed by atoms with Crippen LogP contribution in [0.1, 0.15) is 0 Å². The van der Waals surface area contributed by atoms with E-state index in [1.54, 1.807) is 0 Å². The highest BCUT2D eigenvalue weighted by Gasteiger charge is 2.23. The Bertz CT molecular complexity index is 3660. The zero-order valence-electron chi connectivity index (χ0n) is 30.3. The first-order chi connectivity index (χ1) is 28.3. The summed E-state index contributed by atoms with van der Waals surface area (Å²) in [4.78, 5) is 2.47. The number of fused-ring (bicyclic) bond motifs is 15. The summed E-state index contributed by atoms with van der Waals surface area (Å²) in [6, 6.07) is 63.4. The van der Waals surface area contributed by atoms with E-state index < -0.39 is 0 Å². The molecule has 0 fully saturated rings. The molecule has 13 rings (SSSR count). The number of benzene rings is 9. The lowest BCUT2D eigenvalue weighted by Gasteiger charge is -2.27. The average Bonchev–Trinajstić information content (AvgIpc) is 4.04. The molecule has 0 radical (unpaired) electrons. The van der Waals surface area contributed by atoms with E-state index in [1.165, 1.54) is 62.5 Å². The molecule has 0 aliphatic carbocycles. The van der Waals surface area contributed by atoms with Crippen LogP contribution in [0, 0.1) is 0 Å². The van der Waals surface area contributed by atoms with Crippen LogP contribution in [0.15, 0.2) is 185 Å². The molecule has 0 unspecified atom stereocenters. The molecular formula is C52H29NO2S2. The summed E-state index contributed by atoms with van der Waals surface area (Å²) in [5.41, 5.74) is 9.17. The SMILES string of the molecule is c1ccc2c(c1)oc1ccc3ccc4oc5c(-c6ccc(N(c7cccc8c7sc7ccccc78)c7cccc8c7sc7ccccc78)cc6)cccc5c4c3c12. The van der Waals surface area contributed by atoms with Crippen LogP contribution in [-0.2, 0) is 0 Å². The van der Waals surface area contributed by atoms with Crippen molar-refractivity contribution >= 4 is 135 Å². The first-order valence-electron chi connectivity index (χ1n) is 19.2. The Hall–Kier alpha value is -6.92. The van der Waals surface area contributed by atoms with Crippen molar-refractivity contribution in [2.24, 2.45) is 0 Å². The van der Waals surface area contributed by atoms with Crippen LogP contribution in [0.4, 0.5) is 17.1 Å². The van der Waals surface area contributed by atoms with E-state index in [0.717, 1.165) is 60.7 Å². The summed E-state index contributed by atoms with van der Waals surface area (Å²) < 4.78 is 18.3. The summed E-state index contributed by atoms with van der Waals surface area (Å²) >= 11 is 3.73. The minimum absolute atomic E-state index is 0.874. The van der Waals surface area contributed by atoms with E-state index in [2.05, 4.69) is 169 Å². The average molecular weight is 764 g/mol. The molecule has 4 heterocycles. The first-order valence-corrected chi connectivity index (χ1v) is 20.8. The predicted octanol–water partition coefficient (Wildman–Crippen LogP) is 16.5. The van der Waals surface area contributed by atoms with Gasteiger partial charge in [-0.3, -0.25) is 0 Å². The van der Waals surface area contributed by atoms with Gasteiger partial charge in [0.2, 0.25) is 0 Å². The molecule has 0 amide bonds. The third kappa shape index (κ3) is 4.47. The molecule has 13 aromatic rings. The second kappa shape index (κ2) is 11.8. The van der Waals surface area contributed by atoms with Gasteiger partial charge in [0.1, 0.15) is 22.3 Å². The molecule has 9 aromatic carbocycles. The molecule has 3 nitrogen and oxygen atoms in total. The fraction of sp³-hybridized carbons (Fsp3) is 0. The molecule has 0 N–H and O–H groups in total. The Morgan fingerprint density at radius 2 is 0.912 bits per heavy atom. The molecule has 0 bridgehead atoms. The maximum Gasteiger partial charge on any atom is 0.143 e. The fourth-order valence-electron chi connectivity index (χ4n) is 9.16. The highest BCUT2D eigenvalue weighted by Crippen LogP contribution is 2.50. The van der Waals surface area contributed by atoms with Gasteiger partial charge in [-0.05, 0) is 65.5 Å². The van der Waals surface area contributed by atoms with Crippen LogP contribution in [0.3, 0.4) is 0 Å². The zero-order chi connectivity index (χ0) is 37.2. The summed E-state index contributed by atoms with van der Waals surface area (Å²) in [6.07, 6.45) is 0. The van der Waals surface area contributed by atoms with Crippen LogP contribution in [-0.4, -0.2) is 0 Å². The van der Waals surface area contributed by atoms with E-state index in [9.17, 15) is 0 Å². The molecule has 0 atom stereocenters. The number of thiophene rings is 2. The van der Waals surface area contributed by atoms with Gasteiger partial charge in [0, 0.05) is 69.1 Å². The largest absolute Gasteiger partial charge is 0.456 e. The molecular weight excluding hydrogens is 735 g/mol. The Morgan fingerprint density at radius 1 is 0.368 bits per heavy atom. The highest BCUT2D eigenvalue weighted by atomic mass is 32.1. The van der Waals surface area contributed by atoms with Crippen molar-refractivity contribution in [2.75, 3.05) is 4.90 Å². The minimum Gasteiger partial charge on any atom is -0.456 e. The van der Waals surface area contributed by atoms with Crippen molar-refractivity contribution in [3.63, 3.8) is 0 Å². The maximum atomic E-state index is 6.82. The van der Waals surface area contributed by atoms with Gasteiger partial charge >= 0.3 is 0 Å². The molecule has 5 heteroatoms. The van der Waals surface area contributed by atoms with Crippen molar-refractivity contribution in [3.05, 3.63) is 176 Å². The standard InChI is InChI=1S/C52H29NO2S2/c1-4-19-42-38(12-1)48-43(54-42)28-24-31-25-29-44-49(47(31)48)39-16-7-13-33(50(39)55-44)30-22-26-32(27-23-30)53(40-17-8-14-36-34-10-2-5-20-45(34)56-51(36)40)41-18-9-15-37-35-11-3-6-21-46(35)57-52(37)41/h1-29H. The predicted molar refractivity (Wildman–Crippen MR) is 244 cm³/mol. The maximum absolute atomic E-state index is 6.82. The number of nitrogens with zero attached hydrogens (tertiary/aromatic N) is 1. The molecule has 266 valence electrons. The Labute approximate surface area is 333 Å². The number of rotatable bonds is 4. The number of hydrogen-bond donors (Lipinski definition) is 0. The summed E-state index contributed by atoms with van der Waals surface area (Å²) in [6.45, 7) is 0. The van der Waals surface area contributed by atoms with Gasteiger partial charge in [0.25, 0.3) is 0 Å². The first kappa shape index (κ1) is 31.3. The number of hydrogen-bond acceptors (Lipinski definition) is 5. The smallest absolute Gasteiger partial charge is 0.143 e. The molecule has 0 spiro atoms. The van der Waals surface area contributed by atoms with Gasteiger partial charge in [-0.1, -0.05) is 121 Å². The Balaban J connectivity index is 1.02. The summed E-state index contributed by atoms with van der Waals surface area (Å²) in [7, 11) is 0. The van der Waals surface area contributed by atoms with Crippen molar-refractivity contribution in [3.8, 4) is 11.1 Å². The van der Waals surface area contributed by atoms with Crippen LogP contribution >= 0.6 is 22.7 Å². The van der Waals surface area contributed by atoms with E-state index in [0.29, 0.717) is 0 Å². The van der Waals surface area contributed by atoms with Crippen molar-refractivity contribution in [2.45, 2.75) is 0 Å². The third-order valence-electron chi connectivity index (χ3n) is 11.7. The van der Waals surface area contributed by atoms with Gasteiger partial charge in [0.05, 0.1) is 20.8 Å². The molecule has 0 aliphatic rings. The Morgan fingerprint density at radius 3 is 1.60 bits per heavy atom. The fourth-order valence-corrected chi connectivity index (χ4v) is 11.6. The van der Waals surface area contributed by atoms with Gasteiger partial charge in [-0.25, -0.2) is 0 Å². The molecule has 0 aliphatic heterocycles. The minimum atomic E-state index is 0.874. The van der Waals surface area contributed by atoms with E-state index in [1.807, 2.05) is 34.8 Å². The zero-order valence-corrected chi connectivity index (χ0v) is 32.0. The lowest BCUT2D eigenvalue weighted by atomic mass is 9.97. The molecule has 57 heavy (non-hydrogen) atoms. The van der Waals surface area contributed by atoms with E-state index >= 15 is 0 Å². The van der Waals surface area contributed by atoms with Crippen molar-refractivity contribution in [1.82, 2.24) is 0 Å².